The molecule has 0 aromatic carbocycles. The van der Waals surface area contributed by atoms with Gasteiger partial charge in [0.1, 0.15) is 0 Å². The Labute approximate surface area is 120 Å². The summed E-state index contributed by atoms with van der Waals surface area (Å²) in [6, 6.07) is 0. The van der Waals surface area contributed by atoms with Gasteiger partial charge in [-0.2, -0.15) is 5.57 Å². The molecule has 0 amide bonds. The molecule has 0 aliphatic heterocycles. The normalized spacial score (nSPS) is 35.1. The number of halogens is 1. The second kappa shape index (κ2) is 6.53. The van der Waals surface area contributed by atoms with E-state index in [2.05, 4.69) is 30.4 Å². The Hall–Kier alpha value is -2.15. The fraction of sp³-hybridized carbons (Fsp3) is 0.556. The molecule has 0 bridgehead atoms. The van der Waals surface area contributed by atoms with Crippen molar-refractivity contribution in [2.24, 2.45) is 17.8 Å². The minimum Gasteiger partial charge on any atom is -0.382 e. The van der Waals surface area contributed by atoms with Crippen LogP contribution in [0.4, 0.5) is 4.39 Å². The first-order valence-corrected chi connectivity index (χ1v) is 7.64. The molecule has 0 heterocycles. The summed E-state index contributed by atoms with van der Waals surface area (Å²) in [5.41, 5.74) is 0.840. The van der Waals surface area contributed by atoms with Crippen LogP contribution in [0.25, 0.3) is 0 Å². The molecule has 21 heavy (non-hydrogen) atoms. The van der Waals surface area contributed by atoms with Gasteiger partial charge in [-0.1, -0.05) is 43.1 Å². The van der Waals surface area contributed by atoms with E-state index in [4.69, 9.17) is 4.74 Å². The fourth-order valence-electron chi connectivity index (χ4n) is 3.87. The van der Waals surface area contributed by atoms with Crippen molar-refractivity contribution in [2.75, 3.05) is 7.11 Å². The van der Waals surface area contributed by atoms with E-state index in [1.165, 1.54) is 6.42 Å². The Kier molecular flexibility index (Phi) is 4.74. The van der Waals surface area contributed by atoms with E-state index in [0.717, 1.165) is 18.4 Å². The van der Waals surface area contributed by atoms with Crippen LogP contribution >= 0.6 is 0 Å². The monoisotopic (exact) mass is 543 g/mol. The molecule has 1 nitrogen and oxygen atoms in total. The maximum absolute atomic E-state index is 14.2. The van der Waals surface area contributed by atoms with E-state index in [-0.39, 0.29) is 17.8 Å². The van der Waals surface area contributed by atoms with Crippen molar-refractivity contribution in [3.05, 3.63) is 47.9 Å². The predicted molar refractivity (Wildman–Crippen MR) is 78.6 cm³/mol. The van der Waals surface area contributed by atoms with Crippen molar-refractivity contribution in [2.45, 2.75) is 38.2 Å². The Morgan fingerprint density at radius 1 is 1.24 bits per heavy atom. The van der Waals surface area contributed by atoms with Gasteiger partial charge in [0.2, 0.25) is 0 Å². The van der Waals surface area contributed by atoms with Crippen LogP contribution < -0.4 is 0 Å². The molecular weight excluding hydrogens is 521 g/mol. The molecule has 0 N–H and O–H groups in total. The van der Waals surface area contributed by atoms with E-state index < -0.39 is 0 Å². The van der Waals surface area contributed by atoms with Crippen LogP contribution in [0.15, 0.2) is 41.8 Å². The number of ether oxygens (including phenoxy) is 1. The van der Waals surface area contributed by atoms with E-state index in [0.29, 0.717) is 24.7 Å². The largest absolute Gasteiger partial charge is 0.382 e. The van der Waals surface area contributed by atoms with Crippen LogP contribution in [0.2, 0.25) is 0 Å². The standard InChI is InChI=1S/C18H22FO.Bh/c1-20-18-14-9-3-2-7-13(14)8-6-11-16(18)15-10-4-5-12-17(15)19;/h2-3,7,9-10,13-14,16,18H,5-6,8,11-12H2,1H3;/q-1;/t13?,14-,16?,18?;/m1./s1. The van der Waals surface area contributed by atoms with Gasteiger partial charge in [0.25, 0.3) is 0 Å². The fourth-order valence-corrected chi connectivity index (χ4v) is 3.87. The maximum Gasteiger partial charge on any atom is 0.0556 e. The van der Waals surface area contributed by atoms with Gasteiger partial charge in [0.05, 0.1) is 6.10 Å². The molecule has 3 rings (SSSR count). The summed E-state index contributed by atoms with van der Waals surface area (Å²) in [5.74, 6) is 1.12. The van der Waals surface area contributed by atoms with Crippen molar-refractivity contribution in [3.63, 3.8) is 0 Å². The van der Waals surface area contributed by atoms with E-state index in [1.807, 2.05) is 6.08 Å². The van der Waals surface area contributed by atoms with Crippen molar-refractivity contribution < 1.29 is 9.13 Å². The number of fused-ring (bicyclic) bond motifs is 1. The van der Waals surface area contributed by atoms with E-state index in [9.17, 15) is 4.39 Å². The molecular formula is C18H22BhFO-. The average molecular weight is 543 g/mol. The summed E-state index contributed by atoms with van der Waals surface area (Å²) in [6.07, 6.45) is 18.4. The number of allylic oxidation sites excluding steroid dienone is 6. The summed E-state index contributed by atoms with van der Waals surface area (Å²) in [4.78, 5) is 0. The molecule has 3 heteroatoms. The minimum absolute atomic E-state index is 0. The summed E-state index contributed by atoms with van der Waals surface area (Å²) < 4.78 is 20.0. The molecule has 3 unspecified atom stereocenters. The van der Waals surface area contributed by atoms with Gasteiger partial charge in [-0.15, -0.1) is 6.42 Å². The molecule has 3 aliphatic rings. The Bertz CT molecular complexity index is 478. The zero-order valence-electron chi connectivity index (χ0n) is 12.7. The molecule has 110 valence electrons. The molecule has 0 saturated heterocycles. The van der Waals surface area contributed by atoms with Gasteiger partial charge in [-0.25, -0.2) is 10.5 Å². The summed E-state index contributed by atoms with van der Waals surface area (Å²) >= 11 is 0. The molecule has 1 fully saturated rings. The first-order valence-electron chi connectivity index (χ1n) is 7.64. The number of rotatable bonds is 2. The molecule has 1 saturated carbocycles. The van der Waals surface area contributed by atoms with Crippen molar-refractivity contribution in [1.82, 2.24) is 0 Å². The van der Waals surface area contributed by atoms with Crippen molar-refractivity contribution in [3.8, 4) is 0 Å². The predicted octanol–water partition coefficient (Wildman–Crippen LogP) is 4.54. The minimum atomic E-state index is 0. The summed E-state index contributed by atoms with van der Waals surface area (Å²) in [7, 11) is 1.76. The first-order chi connectivity index (χ1) is 9.81. The molecule has 4 atom stereocenters. The van der Waals surface area contributed by atoms with Gasteiger partial charge in [-0.3, -0.25) is 6.08 Å². The second-order valence-electron chi connectivity index (χ2n) is 5.96. The van der Waals surface area contributed by atoms with Crippen LogP contribution in [-0.2, 0) is 4.74 Å². The SMILES string of the molecule is COC1C(C2=C(F)CC[C-]=C2)CCCC2C=CC=C[C@H]21.[Bh]. The number of hydrogen-bond donors (Lipinski definition) is 0. The zero-order chi connectivity index (χ0) is 13.9. The van der Waals surface area contributed by atoms with Crippen LogP contribution in [0.1, 0.15) is 32.1 Å². The zero-order valence-corrected chi connectivity index (χ0v) is 19.2. The maximum atomic E-state index is 14.2. The Morgan fingerprint density at radius 2 is 2.05 bits per heavy atom. The second-order valence-corrected chi connectivity index (χ2v) is 5.96. The Balaban J connectivity index is 0.00000161. The molecule has 0 aromatic rings. The summed E-state index contributed by atoms with van der Waals surface area (Å²) in [5, 5.41) is 0. The van der Waals surface area contributed by atoms with Gasteiger partial charge in [0, 0.05) is 18.9 Å². The Morgan fingerprint density at radius 3 is 2.81 bits per heavy atom. The topological polar surface area (TPSA) is 9.23 Å². The molecule has 0 aromatic heterocycles. The van der Waals surface area contributed by atoms with Gasteiger partial charge < -0.3 is 4.74 Å². The van der Waals surface area contributed by atoms with Crippen LogP contribution in [0.5, 0.6) is 0 Å². The quantitative estimate of drug-likeness (QED) is 0.466. The third-order valence-electron chi connectivity index (χ3n) is 4.86. The van der Waals surface area contributed by atoms with E-state index in [1.54, 1.807) is 7.11 Å². The third kappa shape index (κ3) is 2.82. The molecule has 0 spiro atoms. The smallest absolute Gasteiger partial charge is 0.0556 e. The van der Waals surface area contributed by atoms with Gasteiger partial charge >= 0.3 is 0 Å². The van der Waals surface area contributed by atoms with Crippen LogP contribution in [-0.4, -0.2) is 13.2 Å². The van der Waals surface area contributed by atoms with Crippen LogP contribution in [0, 0.1) is 23.8 Å². The summed E-state index contributed by atoms with van der Waals surface area (Å²) in [6.45, 7) is 0. The molecule has 3 aliphatic carbocycles. The van der Waals surface area contributed by atoms with Gasteiger partial charge in [-0.05, 0) is 18.8 Å². The van der Waals surface area contributed by atoms with E-state index >= 15 is 0 Å². The first kappa shape index (κ1) is 15.2. The van der Waals surface area contributed by atoms with Gasteiger partial charge in [0.15, 0.2) is 0 Å². The molecule has 0 radical (unpaired) electrons. The number of hydrogen-bond acceptors (Lipinski definition) is 1. The average Bonchev–Trinajstić information content (AvgIpc) is 2.66. The third-order valence-corrected chi connectivity index (χ3v) is 4.86. The number of methoxy groups -OCH3 is 1. The van der Waals surface area contributed by atoms with Crippen LogP contribution in [0.3, 0.4) is 0 Å². The van der Waals surface area contributed by atoms with Crippen molar-refractivity contribution in [1.29, 1.82) is 0 Å². The van der Waals surface area contributed by atoms with Crippen molar-refractivity contribution >= 4 is 0 Å².